The number of aliphatic carboxylic acids is 1. The normalized spacial score (nSPS) is 12.6. The van der Waals surface area contributed by atoms with Crippen molar-refractivity contribution in [2.45, 2.75) is 45.3 Å². The summed E-state index contributed by atoms with van der Waals surface area (Å²) in [5.74, 6) is -0.921. The van der Waals surface area contributed by atoms with Gasteiger partial charge >= 0.3 is 5.97 Å². The number of carboxylic acids is 1. The molecule has 0 radical (unpaired) electrons. The quantitative estimate of drug-likeness (QED) is 0.786. The summed E-state index contributed by atoms with van der Waals surface area (Å²) in [6.45, 7) is 5.06. The molecule has 1 aromatic rings. The molecule has 0 bridgehead atoms. The van der Waals surface area contributed by atoms with Gasteiger partial charge in [0, 0.05) is 4.47 Å². The molecule has 0 aliphatic rings. The van der Waals surface area contributed by atoms with Crippen molar-refractivity contribution in [2.75, 3.05) is 0 Å². The van der Waals surface area contributed by atoms with Crippen LogP contribution in [0.5, 0.6) is 5.75 Å². The Hall–Kier alpha value is -1.56. The highest BCUT2D eigenvalue weighted by Crippen LogP contribution is 2.19. The van der Waals surface area contributed by atoms with Crippen LogP contribution in [0.2, 0.25) is 0 Å². The fourth-order valence-electron chi connectivity index (χ4n) is 1.89. The number of amides is 1. The van der Waals surface area contributed by atoms with Gasteiger partial charge in [-0.3, -0.25) is 4.79 Å². The van der Waals surface area contributed by atoms with Crippen LogP contribution in [0.15, 0.2) is 28.7 Å². The lowest BCUT2D eigenvalue weighted by atomic mass is 9.92. The molecule has 1 atom stereocenters. The van der Waals surface area contributed by atoms with Gasteiger partial charge in [-0.1, -0.05) is 29.8 Å². The van der Waals surface area contributed by atoms with E-state index in [1.165, 1.54) is 0 Å². The Morgan fingerprint density at radius 1 is 1.29 bits per heavy atom. The van der Waals surface area contributed by atoms with Crippen LogP contribution >= 0.6 is 15.9 Å². The molecule has 1 amide bonds. The number of rotatable bonds is 7. The third-order valence-electron chi connectivity index (χ3n) is 3.47. The first-order valence-electron chi connectivity index (χ1n) is 6.82. The molecule has 0 heterocycles. The largest absolute Gasteiger partial charge is 0.481 e. The predicted molar refractivity (Wildman–Crippen MR) is 83.3 cm³/mol. The molecule has 2 N–H and O–H groups in total. The molecule has 116 valence electrons. The average Bonchev–Trinajstić information content (AvgIpc) is 2.46. The van der Waals surface area contributed by atoms with Crippen LogP contribution in [-0.4, -0.2) is 28.6 Å². The first-order chi connectivity index (χ1) is 9.84. The van der Waals surface area contributed by atoms with E-state index in [0.29, 0.717) is 18.6 Å². The third kappa shape index (κ3) is 4.46. The molecule has 21 heavy (non-hydrogen) atoms. The molecule has 6 heteroatoms. The van der Waals surface area contributed by atoms with Crippen LogP contribution in [-0.2, 0) is 9.59 Å². The lowest BCUT2D eigenvalue weighted by Crippen LogP contribution is -2.56. The molecule has 1 rings (SSSR count). The van der Waals surface area contributed by atoms with Crippen molar-refractivity contribution >= 4 is 27.8 Å². The predicted octanol–water partition coefficient (Wildman–Crippen LogP) is 2.98. The second-order valence-electron chi connectivity index (χ2n) is 4.80. The Morgan fingerprint density at radius 3 is 2.24 bits per heavy atom. The van der Waals surface area contributed by atoms with E-state index < -0.39 is 23.5 Å². The standard InChI is InChI=1S/C15H20BrNO4/c1-4-15(5-2,14(19)20)17-13(18)10(3)21-12-8-6-11(16)7-9-12/h6-10H,4-5H2,1-3H3,(H,17,18)(H,19,20). The highest BCUT2D eigenvalue weighted by atomic mass is 79.9. The minimum Gasteiger partial charge on any atom is -0.481 e. The lowest BCUT2D eigenvalue weighted by molar-refractivity contribution is -0.149. The van der Waals surface area contributed by atoms with Crippen molar-refractivity contribution in [3.05, 3.63) is 28.7 Å². The topological polar surface area (TPSA) is 75.6 Å². The van der Waals surface area contributed by atoms with E-state index in [1.54, 1.807) is 45.0 Å². The van der Waals surface area contributed by atoms with Crippen LogP contribution in [0.4, 0.5) is 0 Å². The highest BCUT2D eigenvalue weighted by molar-refractivity contribution is 9.10. The highest BCUT2D eigenvalue weighted by Gasteiger charge is 2.37. The van der Waals surface area contributed by atoms with E-state index in [9.17, 15) is 14.7 Å². The smallest absolute Gasteiger partial charge is 0.329 e. The van der Waals surface area contributed by atoms with Crippen LogP contribution in [0.3, 0.4) is 0 Å². The fraction of sp³-hybridized carbons (Fsp3) is 0.467. The van der Waals surface area contributed by atoms with Gasteiger partial charge in [-0.25, -0.2) is 4.79 Å². The van der Waals surface area contributed by atoms with Crippen molar-refractivity contribution < 1.29 is 19.4 Å². The molecule has 0 saturated carbocycles. The summed E-state index contributed by atoms with van der Waals surface area (Å²) in [5, 5.41) is 11.9. The van der Waals surface area contributed by atoms with E-state index in [1.807, 2.05) is 0 Å². The summed E-state index contributed by atoms with van der Waals surface area (Å²) in [6, 6.07) is 7.08. The van der Waals surface area contributed by atoms with E-state index in [0.717, 1.165) is 4.47 Å². The van der Waals surface area contributed by atoms with Gasteiger partial charge in [0.25, 0.3) is 5.91 Å². The molecule has 1 aromatic carbocycles. The van der Waals surface area contributed by atoms with Crippen molar-refractivity contribution in [2.24, 2.45) is 0 Å². The van der Waals surface area contributed by atoms with E-state index >= 15 is 0 Å². The van der Waals surface area contributed by atoms with E-state index in [4.69, 9.17) is 4.74 Å². The minimum atomic E-state index is -1.24. The maximum absolute atomic E-state index is 12.1. The van der Waals surface area contributed by atoms with Gasteiger partial charge in [0.1, 0.15) is 11.3 Å². The van der Waals surface area contributed by atoms with Crippen LogP contribution < -0.4 is 10.1 Å². The van der Waals surface area contributed by atoms with E-state index in [-0.39, 0.29) is 0 Å². The van der Waals surface area contributed by atoms with Crippen LogP contribution in [0.1, 0.15) is 33.6 Å². The number of carboxylic acid groups (broad SMARTS) is 1. The minimum absolute atomic E-state index is 0.315. The summed E-state index contributed by atoms with van der Waals surface area (Å²) >= 11 is 3.31. The first kappa shape index (κ1) is 17.5. The molecule has 0 aliphatic heterocycles. The van der Waals surface area contributed by atoms with Crippen LogP contribution in [0, 0.1) is 0 Å². The van der Waals surface area contributed by atoms with Gasteiger partial charge in [0.05, 0.1) is 0 Å². The Morgan fingerprint density at radius 2 is 1.81 bits per heavy atom. The van der Waals surface area contributed by atoms with Gasteiger partial charge in [-0.05, 0) is 44.0 Å². The average molecular weight is 358 g/mol. The van der Waals surface area contributed by atoms with Gasteiger partial charge in [0.15, 0.2) is 6.10 Å². The second kappa shape index (κ2) is 7.45. The van der Waals surface area contributed by atoms with Gasteiger partial charge < -0.3 is 15.2 Å². The third-order valence-corrected chi connectivity index (χ3v) is 4.00. The molecule has 1 unspecified atom stereocenters. The molecule has 0 fully saturated rings. The number of ether oxygens (including phenoxy) is 1. The van der Waals surface area contributed by atoms with E-state index in [2.05, 4.69) is 21.2 Å². The second-order valence-corrected chi connectivity index (χ2v) is 5.71. The number of carbonyl (C=O) groups is 2. The maximum Gasteiger partial charge on any atom is 0.329 e. The zero-order chi connectivity index (χ0) is 16.0. The zero-order valence-corrected chi connectivity index (χ0v) is 13.9. The number of benzene rings is 1. The summed E-state index contributed by atoms with van der Waals surface area (Å²) in [5.41, 5.74) is -1.24. The van der Waals surface area contributed by atoms with Crippen LogP contribution in [0.25, 0.3) is 0 Å². The van der Waals surface area contributed by atoms with Gasteiger partial charge in [0.2, 0.25) is 0 Å². The SMILES string of the molecule is CCC(CC)(NC(=O)C(C)Oc1ccc(Br)cc1)C(=O)O. The summed E-state index contributed by atoms with van der Waals surface area (Å²) in [6.07, 6.45) is -0.145. The number of hydrogen-bond acceptors (Lipinski definition) is 3. The number of nitrogens with one attached hydrogen (secondary N) is 1. The molecular formula is C15H20BrNO4. The molecule has 0 aromatic heterocycles. The molecule has 0 spiro atoms. The first-order valence-corrected chi connectivity index (χ1v) is 7.61. The Balaban J connectivity index is 2.73. The summed E-state index contributed by atoms with van der Waals surface area (Å²) < 4.78 is 6.43. The Bertz CT molecular complexity index is 497. The molecule has 5 nitrogen and oxygen atoms in total. The van der Waals surface area contributed by atoms with Crippen molar-refractivity contribution in [3.63, 3.8) is 0 Å². The number of hydrogen-bond donors (Lipinski definition) is 2. The molecule has 0 saturated heterocycles. The fourth-order valence-corrected chi connectivity index (χ4v) is 2.16. The van der Waals surface area contributed by atoms with Crippen molar-refractivity contribution in [1.29, 1.82) is 0 Å². The summed E-state index contributed by atoms with van der Waals surface area (Å²) in [4.78, 5) is 23.5. The van der Waals surface area contributed by atoms with Crippen molar-refractivity contribution in [1.82, 2.24) is 5.32 Å². The Labute approximate surface area is 132 Å². The van der Waals surface area contributed by atoms with Crippen molar-refractivity contribution in [3.8, 4) is 5.75 Å². The molecule has 0 aliphatic carbocycles. The number of halogens is 1. The van der Waals surface area contributed by atoms with Gasteiger partial charge in [-0.2, -0.15) is 0 Å². The summed E-state index contributed by atoms with van der Waals surface area (Å²) in [7, 11) is 0. The number of carbonyl (C=O) groups excluding carboxylic acids is 1. The molecular weight excluding hydrogens is 338 g/mol. The van der Waals surface area contributed by atoms with Gasteiger partial charge in [-0.15, -0.1) is 0 Å². The maximum atomic E-state index is 12.1. The Kier molecular flexibility index (Phi) is 6.20. The monoisotopic (exact) mass is 357 g/mol. The zero-order valence-electron chi connectivity index (χ0n) is 12.4. The lowest BCUT2D eigenvalue weighted by Gasteiger charge is -2.29.